The number of amides is 2. The Hall–Kier alpha value is -3.49. The summed E-state index contributed by atoms with van der Waals surface area (Å²) in [5.74, 6) is -0.641. The van der Waals surface area contributed by atoms with Gasteiger partial charge in [0.05, 0.1) is 29.2 Å². The van der Waals surface area contributed by atoms with Crippen molar-refractivity contribution in [3.8, 4) is 11.1 Å². The van der Waals surface area contributed by atoms with Gasteiger partial charge < -0.3 is 16.0 Å². The molecule has 0 radical (unpaired) electrons. The van der Waals surface area contributed by atoms with Gasteiger partial charge >= 0.3 is 0 Å². The molecule has 0 bridgehead atoms. The molecule has 0 atom stereocenters. The van der Waals surface area contributed by atoms with Crippen LogP contribution in [0.2, 0.25) is 0 Å². The van der Waals surface area contributed by atoms with Gasteiger partial charge in [0.2, 0.25) is 5.91 Å². The van der Waals surface area contributed by atoms with Crippen molar-refractivity contribution in [1.82, 2.24) is 25.2 Å². The van der Waals surface area contributed by atoms with Gasteiger partial charge in [-0.1, -0.05) is 0 Å². The molecule has 1 aliphatic carbocycles. The molecule has 3 heterocycles. The first-order valence-electron chi connectivity index (χ1n) is 11.3. The Balaban J connectivity index is 1.60. The molecule has 1 saturated carbocycles. The number of fused-ring (bicyclic) bond motifs is 1. The Morgan fingerprint density at radius 1 is 1.12 bits per heavy atom. The third kappa shape index (κ3) is 5.13. The van der Waals surface area contributed by atoms with Crippen LogP contribution < -0.4 is 16.0 Å². The molecule has 3 aromatic heterocycles. The van der Waals surface area contributed by atoms with Gasteiger partial charge in [-0.3, -0.25) is 14.6 Å². The zero-order valence-electron chi connectivity index (χ0n) is 19.1. The molecule has 8 nitrogen and oxygen atoms in total. The van der Waals surface area contributed by atoms with E-state index in [2.05, 4.69) is 26.0 Å². The van der Waals surface area contributed by atoms with Crippen molar-refractivity contribution >= 4 is 23.0 Å². The van der Waals surface area contributed by atoms with Crippen LogP contribution in [0.1, 0.15) is 56.8 Å². The average molecular weight is 453 g/mol. The summed E-state index contributed by atoms with van der Waals surface area (Å²) in [7, 11) is 0. The molecular weight excluding hydrogens is 423 g/mol. The van der Waals surface area contributed by atoms with Gasteiger partial charge in [-0.15, -0.1) is 0 Å². The Morgan fingerprint density at radius 3 is 2.45 bits per heavy atom. The first-order valence-corrected chi connectivity index (χ1v) is 11.3. The second kappa shape index (κ2) is 9.56. The molecule has 0 aromatic carbocycles. The molecule has 4 rings (SSSR count). The number of nitrogens with one attached hydrogen (secondary N) is 3. The number of pyridine rings is 1. The standard InChI is InChI=1S/C24H29FN6O2/c1-14(2)28-23-20(24(33)30-18-6-4-17(5-7-18)29-15(3)32)11-27-31-13-16(10-22(23)31)19-8-9-26-12-21(19)25/h8-14,17-18,28H,4-7H2,1-3H3,(H,29,32)(H,30,33). The molecule has 0 saturated heterocycles. The van der Waals surface area contributed by atoms with E-state index in [9.17, 15) is 14.0 Å². The molecule has 0 aliphatic heterocycles. The monoisotopic (exact) mass is 452 g/mol. The normalized spacial score (nSPS) is 18.3. The molecule has 3 aromatic rings. The summed E-state index contributed by atoms with van der Waals surface area (Å²) < 4.78 is 15.9. The van der Waals surface area contributed by atoms with Crippen molar-refractivity contribution in [1.29, 1.82) is 0 Å². The minimum Gasteiger partial charge on any atom is -0.380 e. The fourth-order valence-corrected chi connectivity index (χ4v) is 4.36. The molecular formula is C24H29FN6O2. The van der Waals surface area contributed by atoms with Gasteiger partial charge in [-0.05, 0) is 51.7 Å². The summed E-state index contributed by atoms with van der Waals surface area (Å²) in [5, 5.41) is 13.9. The molecule has 33 heavy (non-hydrogen) atoms. The molecule has 1 fully saturated rings. The Bertz CT molecular complexity index is 1170. The maximum absolute atomic E-state index is 14.3. The smallest absolute Gasteiger partial charge is 0.255 e. The lowest BCUT2D eigenvalue weighted by molar-refractivity contribution is -0.119. The van der Waals surface area contributed by atoms with Crippen LogP contribution in [-0.4, -0.2) is 44.5 Å². The van der Waals surface area contributed by atoms with Crippen LogP contribution in [0.5, 0.6) is 0 Å². The maximum atomic E-state index is 14.3. The highest BCUT2D eigenvalue weighted by Crippen LogP contribution is 2.30. The first-order chi connectivity index (χ1) is 15.8. The van der Waals surface area contributed by atoms with Crippen LogP contribution in [0.3, 0.4) is 0 Å². The van der Waals surface area contributed by atoms with Crippen molar-refractivity contribution in [3.05, 3.63) is 48.3 Å². The summed E-state index contributed by atoms with van der Waals surface area (Å²) in [6.45, 7) is 5.51. The summed E-state index contributed by atoms with van der Waals surface area (Å²) >= 11 is 0. The predicted octanol–water partition coefficient (Wildman–Crippen LogP) is 3.53. The van der Waals surface area contributed by atoms with Gasteiger partial charge in [-0.25, -0.2) is 8.91 Å². The third-order valence-electron chi connectivity index (χ3n) is 5.87. The van der Waals surface area contributed by atoms with E-state index >= 15 is 0 Å². The highest BCUT2D eigenvalue weighted by Gasteiger charge is 2.25. The molecule has 174 valence electrons. The van der Waals surface area contributed by atoms with E-state index in [1.54, 1.807) is 29.2 Å². The third-order valence-corrected chi connectivity index (χ3v) is 5.87. The quantitative estimate of drug-likeness (QED) is 0.531. The van der Waals surface area contributed by atoms with Crippen LogP contribution in [0.15, 0.2) is 36.9 Å². The van der Waals surface area contributed by atoms with Crippen molar-refractivity contribution < 1.29 is 14.0 Å². The van der Waals surface area contributed by atoms with Gasteiger partial charge in [0.25, 0.3) is 5.91 Å². The molecule has 1 aliphatic rings. The zero-order valence-corrected chi connectivity index (χ0v) is 19.1. The number of hydrogen-bond donors (Lipinski definition) is 3. The largest absolute Gasteiger partial charge is 0.380 e. The van der Waals surface area contributed by atoms with Crippen LogP contribution in [0, 0.1) is 5.82 Å². The second-order valence-corrected chi connectivity index (χ2v) is 8.87. The minimum absolute atomic E-state index is 0.0236. The summed E-state index contributed by atoms with van der Waals surface area (Å²) in [6, 6.07) is 3.72. The van der Waals surface area contributed by atoms with E-state index in [1.165, 1.54) is 13.1 Å². The molecule has 0 spiro atoms. The zero-order chi connectivity index (χ0) is 23.5. The molecule has 9 heteroatoms. The van der Waals surface area contributed by atoms with E-state index < -0.39 is 5.82 Å². The lowest BCUT2D eigenvalue weighted by atomic mass is 9.91. The summed E-state index contributed by atoms with van der Waals surface area (Å²) in [6.07, 6.45) is 9.27. The number of carbonyl (C=O) groups is 2. The van der Waals surface area contributed by atoms with Gasteiger partial charge in [-0.2, -0.15) is 5.10 Å². The summed E-state index contributed by atoms with van der Waals surface area (Å²) in [5.41, 5.74) is 2.87. The predicted molar refractivity (Wildman–Crippen MR) is 124 cm³/mol. The number of aromatic nitrogens is 3. The van der Waals surface area contributed by atoms with Crippen LogP contribution in [0.4, 0.5) is 10.1 Å². The number of rotatable bonds is 6. The first kappa shape index (κ1) is 22.7. The van der Waals surface area contributed by atoms with Crippen molar-refractivity contribution in [2.75, 3.05) is 5.32 Å². The van der Waals surface area contributed by atoms with E-state index in [-0.39, 0.29) is 29.9 Å². The van der Waals surface area contributed by atoms with E-state index in [0.717, 1.165) is 25.7 Å². The van der Waals surface area contributed by atoms with Crippen LogP contribution in [-0.2, 0) is 4.79 Å². The number of nitrogens with zero attached hydrogens (tertiary/aromatic N) is 3. The SMILES string of the molecule is CC(=O)NC1CCC(NC(=O)c2cnn3cc(-c4ccncc4F)cc3c2NC(C)C)CC1. The number of halogens is 1. The van der Waals surface area contributed by atoms with Gasteiger partial charge in [0.1, 0.15) is 5.82 Å². The highest BCUT2D eigenvalue weighted by molar-refractivity contribution is 6.03. The van der Waals surface area contributed by atoms with E-state index in [4.69, 9.17) is 0 Å². The topological polar surface area (TPSA) is 100 Å². The number of carbonyl (C=O) groups excluding carboxylic acids is 2. The maximum Gasteiger partial charge on any atom is 0.255 e. The number of anilines is 1. The van der Waals surface area contributed by atoms with Gasteiger partial charge in [0.15, 0.2) is 0 Å². The fourth-order valence-electron chi connectivity index (χ4n) is 4.36. The minimum atomic E-state index is -0.417. The average Bonchev–Trinajstić information content (AvgIpc) is 3.19. The summed E-state index contributed by atoms with van der Waals surface area (Å²) in [4.78, 5) is 28.3. The second-order valence-electron chi connectivity index (χ2n) is 8.87. The highest BCUT2D eigenvalue weighted by atomic mass is 19.1. The lowest BCUT2D eigenvalue weighted by Gasteiger charge is -2.29. The Morgan fingerprint density at radius 2 is 1.82 bits per heavy atom. The Kier molecular flexibility index (Phi) is 6.57. The lowest BCUT2D eigenvalue weighted by Crippen LogP contribution is -2.43. The molecule has 0 unspecified atom stereocenters. The van der Waals surface area contributed by atoms with Crippen molar-refractivity contribution in [2.24, 2.45) is 0 Å². The van der Waals surface area contributed by atoms with Crippen LogP contribution >= 0.6 is 0 Å². The van der Waals surface area contributed by atoms with Gasteiger partial charge in [0, 0.05) is 48.6 Å². The van der Waals surface area contributed by atoms with E-state index in [1.807, 2.05) is 19.9 Å². The number of hydrogen-bond acceptors (Lipinski definition) is 5. The van der Waals surface area contributed by atoms with Crippen molar-refractivity contribution in [2.45, 2.75) is 64.6 Å². The van der Waals surface area contributed by atoms with Crippen molar-refractivity contribution in [3.63, 3.8) is 0 Å². The van der Waals surface area contributed by atoms with Crippen LogP contribution in [0.25, 0.3) is 16.6 Å². The van der Waals surface area contributed by atoms with E-state index in [0.29, 0.717) is 27.9 Å². The molecule has 3 N–H and O–H groups in total. The molecule has 2 amide bonds. The Labute approximate surface area is 192 Å². The fraction of sp³-hybridized carbons (Fsp3) is 0.417.